The molecule has 1 aliphatic heterocycles. The highest BCUT2D eigenvalue weighted by Gasteiger charge is 2.37. The zero-order valence-electron chi connectivity index (χ0n) is 12.8. The predicted octanol–water partition coefficient (Wildman–Crippen LogP) is 3.48. The summed E-state index contributed by atoms with van der Waals surface area (Å²) in [4.78, 5) is 2.37. The highest BCUT2D eigenvalue weighted by molar-refractivity contribution is 5.85. The van der Waals surface area contributed by atoms with Crippen LogP contribution in [-0.4, -0.2) is 36.2 Å². The summed E-state index contributed by atoms with van der Waals surface area (Å²) in [6.45, 7) is 3.14. The van der Waals surface area contributed by atoms with E-state index in [0.717, 1.165) is 32.5 Å². The van der Waals surface area contributed by atoms with E-state index in [1.165, 1.54) is 11.1 Å². The molecule has 0 aromatic heterocycles. The van der Waals surface area contributed by atoms with Gasteiger partial charge in [0, 0.05) is 12.0 Å². The van der Waals surface area contributed by atoms with Crippen molar-refractivity contribution in [2.24, 2.45) is 0 Å². The number of β-amino-alcohol motifs (C(OH)–C–C–N with tert-alkyl or cyclic N) is 1. The summed E-state index contributed by atoms with van der Waals surface area (Å²) in [5, 5.41) is 9.14. The fourth-order valence-electron chi connectivity index (χ4n) is 3.56. The van der Waals surface area contributed by atoms with E-state index in [-0.39, 0.29) is 24.4 Å². The molecule has 1 fully saturated rings. The molecule has 1 aliphatic rings. The van der Waals surface area contributed by atoms with Crippen molar-refractivity contribution in [2.75, 3.05) is 26.2 Å². The first-order valence-electron chi connectivity index (χ1n) is 7.79. The summed E-state index contributed by atoms with van der Waals surface area (Å²) in [5.41, 5.74) is 2.95. The largest absolute Gasteiger partial charge is 0.395 e. The number of likely N-dealkylation sites (tertiary alicyclic amines) is 1. The van der Waals surface area contributed by atoms with Crippen LogP contribution < -0.4 is 0 Å². The van der Waals surface area contributed by atoms with Gasteiger partial charge < -0.3 is 10.0 Å². The molecule has 2 aromatic carbocycles. The normalized spacial score (nSPS) is 17.7. The quantitative estimate of drug-likeness (QED) is 0.933. The standard InChI is InChI=1S/C19H23NO.ClH/c21-16-15-20-13-11-19(12-14-20,17-7-3-1-4-8-17)18-9-5-2-6-10-18;/h1-10,21H,11-16H2;1H. The smallest absolute Gasteiger partial charge is 0.0558 e. The van der Waals surface area contributed by atoms with Crippen molar-refractivity contribution < 1.29 is 5.11 Å². The minimum atomic E-state index is 0. The van der Waals surface area contributed by atoms with Crippen LogP contribution in [0.1, 0.15) is 24.0 Å². The number of aliphatic hydroxyl groups excluding tert-OH is 1. The van der Waals surface area contributed by atoms with Crippen molar-refractivity contribution in [3.63, 3.8) is 0 Å². The highest BCUT2D eigenvalue weighted by Crippen LogP contribution is 2.41. The van der Waals surface area contributed by atoms with Crippen LogP contribution >= 0.6 is 12.4 Å². The van der Waals surface area contributed by atoms with E-state index >= 15 is 0 Å². The van der Waals surface area contributed by atoms with Gasteiger partial charge in [0.25, 0.3) is 0 Å². The molecule has 3 rings (SSSR count). The van der Waals surface area contributed by atoms with E-state index in [0.29, 0.717) is 0 Å². The second-order valence-electron chi connectivity index (χ2n) is 5.88. The highest BCUT2D eigenvalue weighted by atomic mass is 35.5. The van der Waals surface area contributed by atoms with Gasteiger partial charge >= 0.3 is 0 Å². The van der Waals surface area contributed by atoms with Crippen LogP contribution in [0.15, 0.2) is 60.7 Å². The number of piperidine rings is 1. The van der Waals surface area contributed by atoms with Crippen molar-refractivity contribution >= 4 is 12.4 Å². The molecule has 0 radical (unpaired) electrons. The Morgan fingerprint density at radius 3 is 1.68 bits per heavy atom. The van der Waals surface area contributed by atoms with Gasteiger partial charge in [-0.1, -0.05) is 60.7 Å². The lowest BCUT2D eigenvalue weighted by Gasteiger charge is -2.42. The number of nitrogens with zero attached hydrogens (tertiary/aromatic N) is 1. The van der Waals surface area contributed by atoms with E-state index in [4.69, 9.17) is 5.11 Å². The summed E-state index contributed by atoms with van der Waals surface area (Å²) in [5.74, 6) is 0. The van der Waals surface area contributed by atoms with Gasteiger partial charge in [0.05, 0.1) is 6.61 Å². The second-order valence-corrected chi connectivity index (χ2v) is 5.88. The maximum absolute atomic E-state index is 9.14. The van der Waals surface area contributed by atoms with Gasteiger partial charge in [0.1, 0.15) is 0 Å². The Balaban J connectivity index is 0.00000176. The van der Waals surface area contributed by atoms with E-state index < -0.39 is 0 Å². The van der Waals surface area contributed by atoms with Gasteiger partial charge in [-0.3, -0.25) is 0 Å². The Morgan fingerprint density at radius 1 is 0.818 bits per heavy atom. The number of rotatable bonds is 4. The fourth-order valence-corrected chi connectivity index (χ4v) is 3.56. The molecular weight excluding hydrogens is 294 g/mol. The van der Waals surface area contributed by atoms with Gasteiger partial charge in [-0.15, -0.1) is 12.4 Å². The molecule has 0 saturated carbocycles. The molecule has 0 atom stereocenters. The van der Waals surface area contributed by atoms with Crippen molar-refractivity contribution in [1.82, 2.24) is 4.90 Å². The first kappa shape index (κ1) is 17.0. The van der Waals surface area contributed by atoms with Gasteiger partial charge in [-0.2, -0.15) is 0 Å². The minimum absolute atomic E-state index is 0. The summed E-state index contributed by atoms with van der Waals surface area (Å²) in [6.07, 6.45) is 2.22. The average molecular weight is 318 g/mol. The molecule has 2 nitrogen and oxygen atoms in total. The zero-order valence-corrected chi connectivity index (χ0v) is 13.6. The van der Waals surface area contributed by atoms with E-state index in [1.54, 1.807) is 0 Å². The van der Waals surface area contributed by atoms with E-state index in [2.05, 4.69) is 65.6 Å². The molecule has 0 amide bonds. The molecule has 0 unspecified atom stereocenters. The third-order valence-corrected chi connectivity index (χ3v) is 4.78. The molecule has 22 heavy (non-hydrogen) atoms. The molecule has 2 aromatic rings. The maximum atomic E-state index is 9.14. The van der Waals surface area contributed by atoms with Gasteiger partial charge in [-0.25, -0.2) is 0 Å². The molecule has 3 heteroatoms. The number of aliphatic hydroxyl groups is 1. The van der Waals surface area contributed by atoms with Crippen molar-refractivity contribution in [2.45, 2.75) is 18.3 Å². The minimum Gasteiger partial charge on any atom is -0.395 e. The Hall–Kier alpha value is -1.35. The van der Waals surface area contributed by atoms with E-state index in [1.807, 2.05) is 0 Å². The number of benzene rings is 2. The molecular formula is C19H24ClNO. The van der Waals surface area contributed by atoms with Crippen molar-refractivity contribution in [3.8, 4) is 0 Å². The first-order valence-corrected chi connectivity index (χ1v) is 7.79. The topological polar surface area (TPSA) is 23.5 Å². The van der Waals surface area contributed by atoms with Crippen molar-refractivity contribution in [1.29, 1.82) is 0 Å². The van der Waals surface area contributed by atoms with Gasteiger partial charge in [-0.05, 0) is 37.1 Å². The maximum Gasteiger partial charge on any atom is 0.0558 e. The summed E-state index contributed by atoms with van der Waals surface area (Å²) < 4.78 is 0. The SMILES string of the molecule is Cl.OCCN1CCC(c2ccccc2)(c2ccccc2)CC1. The van der Waals surface area contributed by atoms with Crippen LogP contribution in [0.25, 0.3) is 0 Å². The molecule has 1 saturated heterocycles. The monoisotopic (exact) mass is 317 g/mol. The lowest BCUT2D eigenvalue weighted by atomic mass is 9.68. The lowest BCUT2D eigenvalue weighted by molar-refractivity contribution is 0.144. The molecule has 118 valence electrons. The van der Waals surface area contributed by atoms with Crippen LogP contribution in [0.2, 0.25) is 0 Å². The number of hydrogen-bond donors (Lipinski definition) is 1. The predicted molar refractivity (Wildman–Crippen MR) is 93.7 cm³/mol. The third kappa shape index (κ3) is 3.35. The van der Waals surface area contributed by atoms with E-state index in [9.17, 15) is 0 Å². The zero-order chi connectivity index (χ0) is 14.5. The van der Waals surface area contributed by atoms with Crippen LogP contribution in [0.5, 0.6) is 0 Å². The Labute approximate surface area is 139 Å². The molecule has 0 spiro atoms. The summed E-state index contributed by atoms with van der Waals surface area (Å²) in [7, 11) is 0. The van der Waals surface area contributed by atoms with Gasteiger partial charge in [0.15, 0.2) is 0 Å². The molecule has 0 aliphatic carbocycles. The van der Waals surface area contributed by atoms with Crippen LogP contribution in [0.3, 0.4) is 0 Å². The Kier molecular flexibility index (Phi) is 6.01. The number of halogens is 1. The third-order valence-electron chi connectivity index (χ3n) is 4.78. The Morgan fingerprint density at radius 2 is 1.27 bits per heavy atom. The van der Waals surface area contributed by atoms with Crippen LogP contribution in [0, 0.1) is 0 Å². The Bertz CT molecular complexity index is 509. The van der Waals surface area contributed by atoms with Crippen LogP contribution in [-0.2, 0) is 5.41 Å². The number of hydrogen-bond acceptors (Lipinski definition) is 2. The lowest BCUT2D eigenvalue weighted by Crippen LogP contribution is -2.44. The molecule has 1 heterocycles. The van der Waals surface area contributed by atoms with Crippen molar-refractivity contribution in [3.05, 3.63) is 71.8 Å². The fraction of sp³-hybridized carbons (Fsp3) is 0.368. The summed E-state index contributed by atoms with van der Waals surface area (Å²) >= 11 is 0. The molecule has 1 N–H and O–H groups in total. The molecule has 0 bridgehead atoms. The van der Waals surface area contributed by atoms with Gasteiger partial charge in [0.2, 0.25) is 0 Å². The van der Waals surface area contributed by atoms with Crippen LogP contribution in [0.4, 0.5) is 0 Å². The second kappa shape index (κ2) is 7.77. The summed E-state index contributed by atoms with van der Waals surface area (Å²) in [6, 6.07) is 21.8. The average Bonchev–Trinajstić information content (AvgIpc) is 2.58. The first-order chi connectivity index (χ1) is 10.3.